The first-order valence-corrected chi connectivity index (χ1v) is 8.03. The smallest absolute Gasteiger partial charge is 0.327 e. The van der Waals surface area contributed by atoms with Crippen LogP contribution < -0.4 is 0 Å². The Morgan fingerprint density at radius 2 is 2.09 bits per heavy atom. The summed E-state index contributed by atoms with van der Waals surface area (Å²) in [5, 5.41) is 0. The van der Waals surface area contributed by atoms with Gasteiger partial charge in [0.05, 0.1) is 7.11 Å². The first kappa shape index (κ1) is 17.5. The number of carbonyl (C=O) groups excluding carboxylic acids is 2. The van der Waals surface area contributed by atoms with E-state index < -0.39 is 6.04 Å². The van der Waals surface area contributed by atoms with Gasteiger partial charge in [0.15, 0.2) is 0 Å². The molecule has 2 atom stereocenters. The highest BCUT2D eigenvalue weighted by Crippen LogP contribution is 2.27. The van der Waals surface area contributed by atoms with Crippen LogP contribution in [-0.4, -0.2) is 55.5 Å². The fourth-order valence-corrected chi connectivity index (χ4v) is 3.33. The van der Waals surface area contributed by atoms with E-state index in [9.17, 15) is 9.59 Å². The van der Waals surface area contributed by atoms with Crippen LogP contribution in [0.3, 0.4) is 0 Å². The Bertz CT molecular complexity index is 573. The molecule has 0 aromatic heterocycles. The topological polar surface area (TPSA) is 49.9 Å². The Labute approximate surface area is 138 Å². The highest BCUT2D eigenvalue weighted by Gasteiger charge is 2.31. The Morgan fingerprint density at radius 3 is 2.65 bits per heavy atom. The molecule has 1 aliphatic rings. The number of likely N-dealkylation sites (tertiary alicyclic amines) is 1. The molecule has 126 valence electrons. The van der Waals surface area contributed by atoms with E-state index >= 15 is 0 Å². The van der Waals surface area contributed by atoms with E-state index in [1.165, 1.54) is 7.11 Å². The van der Waals surface area contributed by atoms with Crippen molar-refractivity contribution in [3.63, 3.8) is 0 Å². The maximum atomic E-state index is 12.3. The SMILES string of the molecule is COC(=O)[C@H](c1ccccc1C)N(C)C[C@H]1CCN(C(C)=O)C1. The number of amides is 1. The average Bonchev–Trinajstić information content (AvgIpc) is 2.98. The number of nitrogens with zero attached hydrogens (tertiary/aromatic N) is 2. The van der Waals surface area contributed by atoms with E-state index in [0.29, 0.717) is 5.92 Å². The standard InChI is InChI=1S/C18H26N2O3/c1-13-7-5-6-8-16(13)17(18(22)23-4)19(3)11-15-9-10-20(12-15)14(2)21/h5-8,15,17H,9-12H2,1-4H3/t15-,17+/m1/s1. The fourth-order valence-electron chi connectivity index (χ4n) is 3.33. The third-order valence-electron chi connectivity index (χ3n) is 4.63. The number of ether oxygens (including phenoxy) is 1. The van der Waals surface area contributed by atoms with Crippen molar-refractivity contribution in [1.82, 2.24) is 9.80 Å². The summed E-state index contributed by atoms with van der Waals surface area (Å²) in [5.41, 5.74) is 2.05. The number of likely N-dealkylation sites (N-methyl/N-ethyl adjacent to an activating group) is 1. The van der Waals surface area contributed by atoms with E-state index in [0.717, 1.165) is 37.2 Å². The minimum absolute atomic E-state index is 0.124. The van der Waals surface area contributed by atoms with Crippen LogP contribution in [0.1, 0.15) is 30.5 Å². The van der Waals surface area contributed by atoms with Crippen molar-refractivity contribution >= 4 is 11.9 Å². The largest absolute Gasteiger partial charge is 0.468 e. The van der Waals surface area contributed by atoms with Crippen LogP contribution in [0, 0.1) is 12.8 Å². The Morgan fingerprint density at radius 1 is 1.39 bits per heavy atom. The number of hydrogen-bond donors (Lipinski definition) is 0. The van der Waals surface area contributed by atoms with Gasteiger partial charge in [0, 0.05) is 26.6 Å². The summed E-state index contributed by atoms with van der Waals surface area (Å²) >= 11 is 0. The lowest BCUT2D eigenvalue weighted by Crippen LogP contribution is -2.36. The summed E-state index contributed by atoms with van der Waals surface area (Å²) in [7, 11) is 3.37. The van der Waals surface area contributed by atoms with Gasteiger partial charge in [-0.15, -0.1) is 0 Å². The molecule has 1 heterocycles. The minimum Gasteiger partial charge on any atom is -0.468 e. The number of benzene rings is 1. The zero-order valence-electron chi connectivity index (χ0n) is 14.4. The summed E-state index contributed by atoms with van der Waals surface area (Å²) in [6, 6.07) is 7.48. The molecule has 1 fully saturated rings. The first-order valence-electron chi connectivity index (χ1n) is 8.03. The van der Waals surface area contributed by atoms with E-state index in [1.807, 2.05) is 48.0 Å². The van der Waals surface area contributed by atoms with Gasteiger partial charge in [0.25, 0.3) is 0 Å². The Balaban J connectivity index is 2.12. The Hall–Kier alpha value is -1.88. The maximum Gasteiger partial charge on any atom is 0.327 e. The van der Waals surface area contributed by atoms with Gasteiger partial charge in [-0.3, -0.25) is 9.69 Å². The van der Waals surface area contributed by atoms with E-state index in [-0.39, 0.29) is 11.9 Å². The third-order valence-corrected chi connectivity index (χ3v) is 4.63. The lowest BCUT2D eigenvalue weighted by Gasteiger charge is -2.29. The van der Waals surface area contributed by atoms with Crippen LogP contribution in [0.2, 0.25) is 0 Å². The van der Waals surface area contributed by atoms with Crippen molar-refractivity contribution in [3.8, 4) is 0 Å². The summed E-state index contributed by atoms with van der Waals surface area (Å²) in [5.74, 6) is 0.266. The fraction of sp³-hybridized carbons (Fsp3) is 0.556. The van der Waals surface area contributed by atoms with E-state index in [1.54, 1.807) is 6.92 Å². The quantitative estimate of drug-likeness (QED) is 0.779. The van der Waals surface area contributed by atoms with Crippen LogP contribution >= 0.6 is 0 Å². The number of carbonyl (C=O) groups is 2. The summed E-state index contributed by atoms with van der Waals surface area (Å²) in [6.07, 6.45) is 0.978. The number of methoxy groups -OCH3 is 1. The van der Waals surface area contributed by atoms with Crippen LogP contribution in [0.5, 0.6) is 0 Å². The molecule has 1 aromatic rings. The summed E-state index contributed by atoms with van der Waals surface area (Å²) in [4.78, 5) is 27.7. The predicted octanol–water partition coefficient (Wildman–Crippen LogP) is 2.01. The first-order chi connectivity index (χ1) is 10.9. The van der Waals surface area contributed by atoms with Gasteiger partial charge >= 0.3 is 5.97 Å². The van der Waals surface area contributed by atoms with Gasteiger partial charge < -0.3 is 9.64 Å². The summed E-state index contributed by atoms with van der Waals surface area (Å²) < 4.78 is 5.02. The van der Waals surface area contributed by atoms with Gasteiger partial charge in [0.1, 0.15) is 6.04 Å². The van der Waals surface area contributed by atoms with Gasteiger partial charge in [0.2, 0.25) is 5.91 Å². The zero-order valence-corrected chi connectivity index (χ0v) is 14.4. The summed E-state index contributed by atoms with van der Waals surface area (Å²) in [6.45, 7) is 5.95. The molecule has 5 heteroatoms. The molecular formula is C18H26N2O3. The number of aryl methyl sites for hydroxylation is 1. The molecule has 0 aliphatic carbocycles. The Kier molecular flexibility index (Phi) is 5.77. The van der Waals surface area contributed by atoms with Crippen molar-refractivity contribution in [2.75, 3.05) is 33.8 Å². The van der Waals surface area contributed by atoms with Gasteiger partial charge in [-0.25, -0.2) is 4.79 Å². The lowest BCUT2D eigenvalue weighted by molar-refractivity contribution is -0.147. The highest BCUT2D eigenvalue weighted by molar-refractivity contribution is 5.78. The molecule has 1 aliphatic heterocycles. The van der Waals surface area contributed by atoms with Gasteiger partial charge in [-0.1, -0.05) is 24.3 Å². The van der Waals surface area contributed by atoms with E-state index in [4.69, 9.17) is 4.74 Å². The van der Waals surface area contributed by atoms with Crippen molar-refractivity contribution in [3.05, 3.63) is 35.4 Å². The molecule has 5 nitrogen and oxygen atoms in total. The van der Waals surface area contributed by atoms with Gasteiger partial charge in [-0.2, -0.15) is 0 Å². The van der Waals surface area contributed by atoms with Crippen LogP contribution in [0.4, 0.5) is 0 Å². The maximum absolute atomic E-state index is 12.3. The number of rotatable bonds is 5. The van der Waals surface area contributed by atoms with Crippen LogP contribution in [-0.2, 0) is 14.3 Å². The molecular weight excluding hydrogens is 292 g/mol. The molecule has 0 saturated carbocycles. The zero-order chi connectivity index (χ0) is 17.0. The molecule has 2 rings (SSSR count). The lowest BCUT2D eigenvalue weighted by atomic mass is 9.99. The molecule has 1 saturated heterocycles. The molecule has 0 radical (unpaired) electrons. The monoisotopic (exact) mass is 318 g/mol. The average molecular weight is 318 g/mol. The van der Waals surface area contributed by atoms with Crippen molar-refractivity contribution in [2.45, 2.75) is 26.3 Å². The second kappa shape index (κ2) is 7.59. The van der Waals surface area contributed by atoms with Crippen LogP contribution in [0.15, 0.2) is 24.3 Å². The van der Waals surface area contributed by atoms with Crippen molar-refractivity contribution in [2.24, 2.45) is 5.92 Å². The normalized spacial score (nSPS) is 19.0. The molecule has 23 heavy (non-hydrogen) atoms. The molecule has 1 aromatic carbocycles. The number of esters is 1. The molecule has 0 N–H and O–H groups in total. The van der Waals surface area contributed by atoms with Crippen molar-refractivity contribution < 1.29 is 14.3 Å². The number of hydrogen-bond acceptors (Lipinski definition) is 4. The highest BCUT2D eigenvalue weighted by atomic mass is 16.5. The van der Waals surface area contributed by atoms with Crippen molar-refractivity contribution in [1.29, 1.82) is 0 Å². The minimum atomic E-state index is -0.410. The molecule has 0 bridgehead atoms. The third kappa shape index (κ3) is 4.10. The molecule has 0 unspecified atom stereocenters. The molecule has 1 amide bonds. The van der Waals surface area contributed by atoms with Crippen LogP contribution in [0.25, 0.3) is 0 Å². The molecule has 0 spiro atoms. The predicted molar refractivity (Wildman–Crippen MR) is 88.9 cm³/mol. The second-order valence-electron chi connectivity index (χ2n) is 6.34. The van der Waals surface area contributed by atoms with Gasteiger partial charge in [-0.05, 0) is 37.4 Å². The van der Waals surface area contributed by atoms with E-state index in [2.05, 4.69) is 0 Å². The second-order valence-corrected chi connectivity index (χ2v) is 6.34.